The lowest BCUT2D eigenvalue weighted by Crippen LogP contribution is -2.46. The van der Waals surface area contributed by atoms with Gasteiger partial charge in [0.05, 0.1) is 17.3 Å². The van der Waals surface area contributed by atoms with Crippen molar-refractivity contribution < 1.29 is 9.32 Å². The first kappa shape index (κ1) is 21.2. The lowest BCUT2D eigenvalue weighted by Gasteiger charge is -2.35. The van der Waals surface area contributed by atoms with Gasteiger partial charge in [-0.3, -0.25) is 4.90 Å². The quantitative estimate of drug-likeness (QED) is 0.353. The SMILES string of the molecule is CC1=C(c2nc(-c3ccccc3)no2)C(c2cccc(Cl)c2)NC(=O)N1c1cccc(Cl)c1. The van der Waals surface area contributed by atoms with Gasteiger partial charge in [0.2, 0.25) is 5.82 Å². The number of aromatic nitrogens is 2. The van der Waals surface area contributed by atoms with Crippen LogP contribution in [0.25, 0.3) is 17.0 Å². The topological polar surface area (TPSA) is 71.3 Å². The maximum atomic E-state index is 13.2. The highest BCUT2D eigenvalue weighted by Crippen LogP contribution is 2.39. The van der Waals surface area contributed by atoms with Crippen molar-refractivity contribution in [1.82, 2.24) is 15.5 Å². The van der Waals surface area contributed by atoms with Crippen molar-refractivity contribution in [2.45, 2.75) is 13.0 Å². The average Bonchev–Trinajstić information content (AvgIpc) is 3.29. The van der Waals surface area contributed by atoms with E-state index in [4.69, 9.17) is 27.7 Å². The molecule has 1 aliphatic heterocycles. The zero-order chi connectivity index (χ0) is 22.9. The van der Waals surface area contributed by atoms with Crippen molar-refractivity contribution in [3.05, 3.63) is 106 Å². The Morgan fingerprint density at radius 3 is 2.39 bits per heavy atom. The third kappa shape index (κ3) is 4.11. The molecule has 8 heteroatoms. The van der Waals surface area contributed by atoms with Gasteiger partial charge in [-0.1, -0.05) is 76.9 Å². The summed E-state index contributed by atoms with van der Waals surface area (Å²) in [5.41, 5.74) is 3.58. The van der Waals surface area contributed by atoms with Gasteiger partial charge in [0, 0.05) is 21.3 Å². The fourth-order valence-electron chi connectivity index (χ4n) is 3.92. The number of hydrogen-bond acceptors (Lipinski definition) is 4. The second-order valence-corrected chi connectivity index (χ2v) is 8.41. The second kappa shape index (κ2) is 8.73. The molecule has 0 aliphatic carbocycles. The predicted octanol–water partition coefficient (Wildman–Crippen LogP) is 6.75. The zero-order valence-corrected chi connectivity index (χ0v) is 19.0. The molecule has 3 aromatic carbocycles. The Bertz CT molecular complexity index is 1370. The van der Waals surface area contributed by atoms with Crippen LogP contribution in [0.3, 0.4) is 0 Å². The number of urea groups is 1. The van der Waals surface area contributed by atoms with Crippen molar-refractivity contribution in [3.63, 3.8) is 0 Å². The molecule has 0 saturated heterocycles. The lowest BCUT2D eigenvalue weighted by atomic mass is 9.94. The van der Waals surface area contributed by atoms with Crippen molar-refractivity contribution in [3.8, 4) is 11.4 Å². The van der Waals surface area contributed by atoms with E-state index in [1.165, 1.54) is 0 Å². The van der Waals surface area contributed by atoms with Gasteiger partial charge < -0.3 is 9.84 Å². The Hall–Kier alpha value is -3.61. The minimum atomic E-state index is -0.532. The van der Waals surface area contributed by atoms with Gasteiger partial charge >= 0.3 is 6.03 Å². The fraction of sp³-hybridized carbons (Fsp3) is 0.0800. The summed E-state index contributed by atoms with van der Waals surface area (Å²) in [6.07, 6.45) is 0. The van der Waals surface area contributed by atoms with E-state index in [1.54, 1.807) is 29.2 Å². The number of benzene rings is 3. The van der Waals surface area contributed by atoms with Gasteiger partial charge in [-0.15, -0.1) is 0 Å². The normalized spacial score (nSPS) is 16.2. The molecule has 0 spiro atoms. The van der Waals surface area contributed by atoms with Crippen LogP contribution in [0.2, 0.25) is 10.0 Å². The minimum Gasteiger partial charge on any atom is -0.334 e. The smallest absolute Gasteiger partial charge is 0.326 e. The number of rotatable bonds is 4. The third-order valence-corrected chi connectivity index (χ3v) is 5.89. The van der Waals surface area contributed by atoms with E-state index in [0.29, 0.717) is 38.7 Å². The number of amides is 2. The number of allylic oxidation sites excluding steroid dienone is 1. The number of hydrogen-bond donors (Lipinski definition) is 1. The van der Waals surface area contributed by atoms with Crippen LogP contribution in [0.15, 0.2) is 89.1 Å². The Balaban J connectivity index is 1.67. The van der Waals surface area contributed by atoms with Crippen LogP contribution in [-0.4, -0.2) is 16.2 Å². The van der Waals surface area contributed by atoms with Crippen LogP contribution in [0, 0.1) is 0 Å². The summed E-state index contributed by atoms with van der Waals surface area (Å²) in [6, 6.07) is 23.1. The van der Waals surface area contributed by atoms with E-state index >= 15 is 0 Å². The molecule has 1 unspecified atom stereocenters. The first-order valence-corrected chi connectivity index (χ1v) is 11.0. The van der Waals surface area contributed by atoms with E-state index in [-0.39, 0.29) is 6.03 Å². The number of nitrogens with one attached hydrogen (secondary N) is 1. The van der Waals surface area contributed by atoms with E-state index in [0.717, 1.165) is 11.1 Å². The Morgan fingerprint density at radius 2 is 1.67 bits per heavy atom. The molecule has 5 rings (SSSR count). The monoisotopic (exact) mass is 476 g/mol. The van der Waals surface area contributed by atoms with Crippen LogP contribution < -0.4 is 10.2 Å². The summed E-state index contributed by atoms with van der Waals surface area (Å²) in [7, 11) is 0. The molecule has 6 nitrogen and oxygen atoms in total. The Labute approximate surface area is 200 Å². The van der Waals surface area contributed by atoms with Crippen molar-refractivity contribution in [2.75, 3.05) is 4.90 Å². The van der Waals surface area contributed by atoms with Crippen molar-refractivity contribution >= 4 is 40.5 Å². The number of anilines is 1. The van der Waals surface area contributed by atoms with Gasteiger partial charge in [0.25, 0.3) is 5.89 Å². The number of carbonyl (C=O) groups is 1. The summed E-state index contributed by atoms with van der Waals surface area (Å²) in [4.78, 5) is 19.4. The number of nitrogens with zero attached hydrogens (tertiary/aromatic N) is 3. The Kier molecular flexibility index (Phi) is 5.62. The standard InChI is InChI=1S/C25H18Cl2N4O2/c1-15-21(24-29-23(30-33-24)16-7-3-2-4-8-16)22(17-9-5-10-18(26)13-17)28-25(32)31(15)20-12-6-11-19(27)14-20/h2-14,22H,1H3,(H,28,32). The third-order valence-electron chi connectivity index (χ3n) is 5.42. The molecule has 4 aromatic rings. The number of carbonyl (C=O) groups excluding carboxylic acids is 1. The molecule has 33 heavy (non-hydrogen) atoms. The first-order chi connectivity index (χ1) is 16.0. The van der Waals surface area contributed by atoms with E-state index in [2.05, 4.69) is 15.5 Å². The van der Waals surface area contributed by atoms with Gasteiger partial charge in [-0.25, -0.2) is 4.79 Å². The summed E-state index contributed by atoms with van der Waals surface area (Å²) >= 11 is 12.4. The molecule has 1 aromatic heterocycles. The van der Waals surface area contributed by atoms with E-state index < -0.39 is 6.04 Å². The summed E-state index contributed by atoms with van der Waals surface area (Å²) in [5, 5.41) is 8.32. The molecule has 2 heterocycles. The highest BCUT2D eigenvalue weighted by molar-refractivity contribution is 6.31. The first-order valence-electron chi connectivity index (χ1n) is 10.2. The molecule has 2 amide bonds. The largest absolute Gasteiger partial charge is 0.334 e. The van der Waals surface area contributed by atoms with Gasteiger partial charge in [0.15, 0.2) is 0 Å². The van der Waals surface area contributed by atoms with Crippen LogP contribution in [0.4, 0.5) is 10.5 Å². The van der Waals surface area contributed by atoms with Crippen molar-refractivity contribution in [1.29, 1.82) is 0 Å². The molecule has 1 aliphatic rings. The molecule has 1 N–H and O–H groups in total. The van der Waals surface area contributed by atoms with Crippen LogP contribution in [-0.2, 0) is 0 Å². The van der Waals surface area contributed by atoms with Gasteiger partial charge in [-0.2, -0.15) is 4.98 Å². The fourth-order valence-corrected chi connectivity index (χ4v) is 4.30. The molecule has 0 fully saturated rings. The summed E-state index contributed by atoms with van der Waals surface area (Å²) in [5.74, 6) is 0.769. The maximum Gasteiger partial charge on any atom is 0.326 e. The van der Waals surface area contributed by atoms with Crippen LogP contribution in [0.5, 0.6) is 0 Å². The average molecular weight is 477 g/mol. The molecule has 0 bridgehead atoms. The molecule has 1 atom stereocenters. The number of halogens is 2. The lowest BCUT2D eigenvalue weighted by molar-refractivity contribution is 0.244. The molecular weight excluding hydrogens is 459 g/mol. The predicted molar refractivity (Wildman–Crippen MR) is 129 cm³/mol. The molecule has 0 saturated carbocycles. The molecular formula is C25H18Cl2N4O2. The second-order valence-electron chi connectivity index (χ2n) is 7.54. The Morgan fingerprint density at radius 1 is 0.939 bits per heavy atom. The van der Waals surface area contributed by atoms with E-state index in [1.807, 2.05) is 61.5 Å². The van der Waals surface area contributed by atoms with E-state index in [9.17, 15) is 4.79 Å². The minimum absolute atomic E-state index is 0.300. The van der Waals surface area contributed by atoms with Crippen LogP contribution >= 0.6 is 23.2 Å². The highest BCUT2D eigenvalue weighted by Gasteiger charge is 2.36. The summed E-state index contributed by atoms with van der Waals surface area (Å²) < 4.78 is 5.70. The molecule has 164 valence electrons. The zero-order valence-electron chi connectivity index (χ0n) is 17.5. The highest BCUT2D eigenvalue weighted by atomic mass is 35.5. The molecule has 0 radical (unpaired) electrons. The van der Waals surface area contributed by atoms with Gasteiger partial charge in [-0.05, 0) is 42.8 Å². The summed E-state index contributed by atoms with van der Waals surface area (Å²) in [6.45, 7) is 1.85. The van der Waals surface area contributed by atoms with Gasteiger partial charge in [0.1, 0.15) is 0 Å². The van der Waals surface area contributed by atoms with Crippen molar-refractivity contribution in [2.24, 2.45) is 0 Å². The maximum absolute atomic E-state index is 13.2. The van der Waals surface area contributed by atoms with Crippen LogP contribution in [0.1, 0.15) is 24.4 Å².